The van der Waals surface area contributed by atoms with Crippen LogP contribution in [0.3, 0.4) is 0 Å². The zero-order valence-corrected chi connectivity index (χ0v) is 22.4. The number of benzene rings is 1. The number of hydrogen-bond donors (Lipinski definition) is 1. The lowest BCUT2D eigenvalue weighted by molar-refractivity contribution is 0.0269. The number of likely N-dealkylation sites (tertiary alicyclic amines) is 1. The molecular formula is C28H39N3O5. The number of aromatic nitrogens is 1. The molecule has 1 aromatic heterocycles. The minimum Gasteiger partial charge on any atom is -0.444 e. The van der Waals surface area contributed by atoms with Crippen molar-refractivity contribution in [2.45, 2.75) is 78.7 Å². The number of aryl methyl sites for hydroxylation is 1. The number of carbonyl (C=O) groups is 2. The Hall–Kier alpha value is -3.13. The van der Waals surface area contributed by atoms with Gasteiger partial charge in [0.05, 0.1) is 19.2 Å². The summed E-state index contributed by atoms with van der Waals surface area (Å²) in [4.78, 5) is 33.5. The molecule has 2 atom stereocenters. The molecule has 8 heteroatoms. The molecule has 2 aromatic rings. The molecular weight excluding hydrogens is 458 g/mol. The van der Waals surface area contributed by atoms with Crippen molar-refractivity contribution in [1.82, 2.24) is 9.88 Å². The summed E-state index contributed by atoms with van der Waals surface area (Å²) in [5.74, 6) is 0.295. The maximum absolute atomic E-state index is 13.2. The molecule has 2 heterocycles. The quantitative estimate of drug-likeness (QED) is 0.618. The summed E-state index contributed by atoms with van der Waals surface area (Å²) in [6.07, 6.45) is -1.13. The van der Waals surface area contributed by atoms with Crippen molar-refractivity contribution < 1.29 is 24.2 Å². The van der Waals surface area contributed by atoms with Crippen molar-refractivity contribution in [2.24, 2.45) is 5.92 Å². The molecule has 0 saturated carbocycles. The van der Waals surface area contributed by atoms with Crippen molar-refractivity contribution in [3.8, 4) is 0 Å². The molecule has 8 nitrogen and oxygen atoms in total. The maximum atomic E-state index is 13.2. The van der Waals surface area contributed by atoms with Crippen LogP contribution in [0.5, 0.6) is 0 Å². The number of rotatable bonds is 5. The SMILES string of the molecule is Cc1cc(C[C@@H]2CN(C(=O)OC(C)(C)C)C[C@H]2O)nc(N(Cc2ccccc2)C(=O)OC(C)(C)C)c1. The smallest absolute Gasteiger partial charge is 0.416 e. The van der Waals surface area contributed by atoms with Crippen molar-refractivity contribution >= 4 is 18.0 Å². The van der Waals surface area contributed by atoms with Crippen LogP contribution in [0.2, 0.25) is 0 Å². The number of carbonyl (C=O) groups excluding carboxylic acids is 2. The summed E-state index contributed by atoms with van der Waals surface area (Å²) < 4.78 is 11.1. The molecule has 0 radical (unpaired) electrons. The molecule has 1 N–H and O–H groups in total. The lowest BCUT2D eigenvalue weighted by Crippen LogP contribution is -2.37. The van der Waals surface area contributed by atoms with E-state index in [1.807, 2.05) is 90.9 Å². The van der Waals surface area contributed by atoms with Crippen molar-refractivity contribution in [3.05, 3.63) is 59.3 Å². The Morgan fingerprint density at radius 3 is 2.28 bits per heavy atom. The molecule has 2 amide bonds. The van der Waals surface area contributed by atoms with Gasteiger partial charge in [0.1, 0.15) is 17.0 Å². The molecule has 0 aliphatic carbocycles. The van der Waals surface area contributed by atoms with Gasteiger partial charge in [-0.25, -0.2) is 14.6 Å². The van der Waals surface area contributed by atoms with Crippen molar-refractivity contribution in [1.29, 1.82) is 0 Å². The van der Waals surface area contributed by atoms with Gasteiger partial charge in [-0.2, -0.15) is 0 Å². The number of aliphatic hydroxyl groups excluding tert-OH is 1. The van der Waals surface area contributed by atoms with Gasteiger partial charge in [0, 0.05) is 18.2 Å². The lowest BCUT2D eigenvalue weighted by Gasteiger charge is -2.27. The normalized spacial score (nSPS) is 18.2. The van der Waals surface area contributed by atoms with E-state index in [0.29, 0.717) is 25.3 Å². The predicted octanol–water partition coefficient (Wildman–Crippen LogP) is 5.10. The Labute approximate surface area is 214 Å². The first-order chi connectivity index (χ1) is 16.7. The first-order valence-corrected chi connectivity index (χ1v) is 12.4. The third-order valence-electron chi connectivity index (χ3n) is 5.61. The highest BCUT2D eigenvalue weighted by atomic mass is 16.6. The number of pyridine rings is 1. The molecule has 1 fully saturated rings. The average Bonchev–Trinajstić information content (AvgIpc) is 3.10. The predicted molar refractivity (Wildman–Crippen MR) is 139 cm³/mol. The zero-order valence-electron chi connectivity index (χ0n) is 22.4. The minimum absolute atomic E-state index is 0.191. The average molecular weight is 498 g/mol. The molecule has 1 saturated heterocycles. The molecule has 1 aliphatic heterocycles. The Bertz CT molecular complexity index is 1060. The number of hydrogen-bond acceptors (Lipinski definition) is 6. The van der Waals surface area contributed by atoms with Crippen LogP contribution in [0.1, 0.15) is 58.4 Å². The van der Waals surface area contributed by atoms with Gasteiger partial charge in [-0.3, -0.25) is 4.90 Å². The first kappa shape index (κ1) is 27.5. The second-order valence-corrected chi connectivity index (χ2v) is 11.5. The fourth-order valence-electron chi connectivity index (χ4n) is 4.08. The van der Waals surface area contributed by atoms with Crippen molar-refractivity contribution in [3.63, 3.8) is 0 Å². The van der Waals surface area contributed by atoms with Gasteiger partial charge in [0.2, 0.25) is 0 Å². The monoisotopic (exact) mass is 497 g/mol. The van der Waals surface area contributed by atoms with Crippen LogP contribution in [-0.4, -0.2) is 57.6 Å². The van der Waals surface area contributed by atoms with E-state index in [1.54, 1.807) is 4.90 Å². The summed E-state index contributed by atoms with van der Waals surface area (Å²) in [6, 6.07) is 13.5. The lowest BCUT2D eigenvalue weighted by atomic mass is 9.99. The van der Waals surface area contributed by atoms with Crippen LogP contribution in [0.25, 0.3) is 0 Å². The summed E-state index contributed by atoms with van der Waals surface area (Å²) >= 11 is 0. The first-order valence-electron chi connectivity index (χ1n) is 12.4. The molecule has 3 rings (SSSR count). The maximum Gasteiger partial charge on any atom is 0.416 e. The number of β-amino-alcohol motifs (C(OH)–C–C–N with tert-alkyl or cyclic N) is 1. The van der Waals surface area contributed by atoms with E-state index in [1.165, 1.54) is 4.90 Å². The second-order valence-electron chi connectivity index (χ2n) is 11.5. The Morgan fingerprint density at radius 1 is 1.03 bits per heavy atom. The van der Waals surface area contributed by atoms with Gasteiger partial charge >= 0.3 is 12.2 Å². The standard InChI is InChI=1S/C28H39N3O5/c1-19-13-22(15-21-17-30(18-23(21)32)25(33)35-27(2,3)4)29-24(14-19)31(26(34)36-28(5,6)7)16-20-11-9-8-10-12-20/h8-14,21,23,32H,15-18H2,1-7H3/t21-,23-/m1/s1. The minimum atomic E-state index is -0.686. The highest BCUT2D eigenvalue weighted by Gasteiger charge is 2.36. The van der Waals surface area contributed by atoms with Gasteiger partial charge in [0.25, 0.3) is 0 Å². The van der Waals surface area contributed by atoms with E-state index in [4.69, 9.17) is 14.5 Å². The summed E-state index contributed by atoms with van der Waals surface area (Å²) in [5, 5.41) is 10.7. The van der Waals surface area contributed by atoms with Crippen LogP contribution in [0.4, 0.5) is 15.4 Å². The molecule has 36 heavy (non-hydrogen) atoms. The molecule has 0 unspecified atom stereocenters. The topological polar surface area (TPSA) is 92.2 Å². The van der Waals surface area contributed by atoms with Crippen LogP contribution in [0, 0.1) is 12.8 Å². The number of nitrogens with zero attached hydrogens (tertiary/aromatic N) is 3. The van der Waals surface area contributed by atoms with E-state index >= 15 is 0 Å². The summed E-state index contributed by atoms with van der Waals surface area (Å²) in [6.45, 7) is 13.8. The van der Waals surface area contributed by atoms with Crippen molar-refractivity contribution in [2.75, 3.05) is 18.0 Å². The van der Waals surface area contributed by atoms with Gasteiger partial charge in [-0.05, 0) is 78.1 Å². The van der Waals surface area contributed by atoms with E-state index in [0.717, 1.165) is 16.8 Å². The number of anilines is 1. The van der Waals surface area contributed by atoms with Gasteiger partial charge in [0.15, 0.2) is 0 Å². The van der Waals surface area contributed by atoms with Gasteiger partial charge in [-0.15, -0.1) is 0 Å². The highest BCUT2D eigenvalue weighted by molar-refractivity contribution is 5.86. The summed E-state index contributed by atoms with van der Waals surface area (Å²) in [5.41, 5.74) is 1.37. The molecule has 0 bridgehead atoms. The Kier molecular flexibility index (Phi) is 8.29. The van der Waals surface area contributed by atoms with E-state index in [2.05, 4.69) is 0 Å². The van der Waals surface area contributed by atoms with Crippen LogP contribution in [0.15, 0.2) is 42.5 Å². The highest BCUT2D eigenvalue weighted by Crippen LogP contribution is 2.26. The molecule has 196 valence electrons. The fraction of sp³-hybridized carbons (Fsp3) is 0.536. The third-order valence-corrected chi connectivity index (χ3v) is 5.61. The fourth-order valence-corrected chi connectivity index (χ4v) is 4.08. The third kappa shape index (κ3) is 7.95. The molecule has 1 aromatic carbocycles. The van der Waals surface area contributed by atoms with Gasteiger partial charge in [-0.1, -0.05) is 30.3 Å². The van der Waals surface area contributed by atoms with E-state index in [-0.39, 0.29) is 12.5 Å². The second kappa shape index (κ2) is 10.9. The molecule has 0 spiro atoms. The Balaban J connectivity index is 1.82. The summed E-state index contributed by atoms with van der Waals surface area (Å²) in [7, 11) is 0. The van der Waals surface area contributed by atoms with Crippen LogP contribution >= 0.6 is 0 Å². The van der Waals surface area contributed by atoms with E-state index < -0.39 is 29.5 Å². The number of amides is 2. The number of ether oxygens (including phenoxy) is 2. The largest absolute Gasteiger partial charge is 0.444 e. The van der Waals surface area contributed by atoms with Crippen LogP contribution in [-0.2, 0) is 22.4 Å². The molecule has 1 aliphatic rings. The van der Waals surface area contributed by atoms with E-state index in [9.17, 15) is 14.7 Å². The Morgan fingerprint density at radius 2 is 1.67 bits per heavy atom. The van der Waals surface area contributed by atoms with Gasteiger partial charge < -0.3 is 19.5 Å². The zero-order chi connectivity index (χ0) is 26.7. The number of aliphatic hydroxyl groups is 1. The van der Waals surface area contributed by atoms with Crippen LogP contribution < -0.4 is 4.90 Å².